The van der Waals surface area contributed by atoms with Crippen LogP contribution in [-0.2, 0) is 0 Å². The fourth-order valence-corrected chi connectivity index (χ4v) is 4.32. The van der Waals surface area contributed by atoms with E-state index in [0.717, 1.165) is 44.5 Å². The normalized spacial score (nSPS) is 21.4. The number of rotatable bonds is 5. The first-order valence-corrected chi connectivity index (χ1v) is 11.0. The van der Waals surface area contributed by atoms with Gasteiger partial charge in [0.1, 0.15) is 5.82 Å². The second-order valence-corrected chi connectivity index (χ2v) is 8.45. The van der Waals surface area contributed by atoms with Crippen molar-refractivity contribution in [2.75, 3.05) is 18.0 Å². The van der Waals surface area contributed by atoms with Crippen LogP contribution in [0.15, 0.2) is 16.9 Å². The molecule has 7 heteroatoms. The molecule has 1 aromatic heterocycles. The van der Waals surface area contributed by atoms with Crippen LogP contribution in [0.5, 0.6) is 0 Å². The van der Waals surface area contributed by atoms with Gasteiger partial charge in [-0.25, -0.2) is 9.48 Å². The summed E-state index contributed by atoms with van der Waals surface area (Å²) in [6.45, 7) is 5.43. The zero-order valence-electron chi connectivity index (χ0n) is 17.3. The maximum Gasteiger partial charge on any atom is 0.315 e. The maximum atomic E-state index is 12.4. The number of anilines is 1. The van der Waals surface area contributed by atoms with Gasteiger partial charge >= 0.3 is 6.03 Å². The molecule has 156 valence electrons. The number of urea groups is 1. The minimum absolute atomic E-state index is 0.0270. The number of piperidine rings is 1. The highest BCUT2D eigenvalue weighted by atomic mass is 16.2. The lowest BCUT2D eigenvalue weighted by molar-refractivity contribution is 0.234. The number of amides is 2. The van der Waals surface area contributed by atoms with E-state index in [1.165, 1.54) is 30.4 Å². The number of nitrogens with zero attached hydrogens (tertiary/aromatic N) is 3. The second kappa shape index (κ2) is 9.94. The van der Waals surface area contributed by atoms with E-state index >= 15 is 0 Å². The molecule has 1 aliphatic heterocycles. The van der Waals surface area contributed by atoms with Crippen molar-refractivity contribution >= 4 is 11.8 Å². The first kappa shape index (κ1) is 20.7. The Morgan fingerprint density at radius 3 is 2.54 bits per heavy atom. The summed E-state index contributed by atoms with van der Waals surface area (Å²) in [6, 6.07) is 3.89. The summed E-state index contributed by atoms with van der Waals surface area (Å²) in [5.74, 6) is 0.823. The Labute approximate surface area is 167 Å². The predicted octanol–water partition coefficient (Wildman–Crippen LogP) is 3.21. The zero-order chi connectivity index (χ0) is 19.9. The van der Waals surface area contributed by atoms with Crippen molar-refractivity contribution in [2.24, 2.45) is 0 Å². The molecule has 2 N–H and O–H groups in total. The van der Waals surface area contributed by atoms with Gasteiger partial charge in [0, 0.05) is 31.2 Å². The van der Waals surface area contributed by atoms with E-state index in [-0.39, 0.29) is 23.7 Å². The molecule has 1 atom stereocenters. The van der Waals surface area contributed by atoms with Gasteiger partial charge in [-0.05, 0) is 52.0 Å². The van der Waals surface area contributed by atoms with Gasteiger partial charge in [-0.1, -0.05) is 25.7 Å². The van der Waals surface area contributed by atoms with Crippen molar-refractivity contribution in [3.05, 3.63) is 22.5 Å². The molecule has 1 saturated heterocycles. The first-order valence-electron chi connectivity index (χ1n) is 11.0. The van der Waals surface area contributed by atoms with Gasteiger partial charge in [0.2, 0.25) is 0 Å². The first-order chi connectivity index (χ1) is 13.5. The van der Waals surface area contributed by atoms with Crippen molar-refractivity contribution in [2.45, 2.75) is 89.8 Å². The summed E-state index contributed by atoms with van der Waals surface area (Å²) in [5, 5.41) is 10.8. The standard InChI is InChI=1S/C21H35N5O2/c1-16(2)26-20(27)13-12-19(24-26)25-14-8-7-11-18(25)15-22-21(28)23-17-9-5-3-4-6-10-17/h12-13,16-18H,3-11,14-15H2,1-2H3,(H2,22,23,28). The average Bonchev–Trinajstić information content (AvgIpc) is 2.95. The number of nitrogens with one attached hydrogen (secondary N) is 2. The summed E-state index contributed by atoms with van der Waals surface area (Å²) in [4.78, 5) is 26.7. The molecule has 1 aliphatic carbocycles. The van der Waals surface area contributed by atoms with Crippen LogP contribution in [0, 0.1) is 0 Å². The van der Waals surface area contributed by atoms with Gasteiger partial charge < -0.3 is 15.5 Å². The molecule has 0 radical (unpaired) electrons. The molecule has 0 aromatic carbocycles. The summed E-state index contributed by atoms with van der Waals surface area (Å²) in [6.07, 6.45) is 10.4. The highest BCUT2D eigenvalue weighted by molar-refractivity contribution is 5.74. The third-order valence-electron chi connectivity index (χ3n) is 5.91. The Hall–Kier alpha value is -2.05. The van der Waals surface area contributed by atoms with Gasteiger partial charge in [0.25, 0.3) is 5.56 Å². The van der Waals surface area contributed by atoms with Crippen molar-refractivity contribution in [3.63, 3.8) is 0 Å². The molecule has 2 fully saturated rings. The SMILES string of the molecule is CC(C)n1nc(N2CCCCC2CNC(=O)NC2CCCCCC2)ccc1=O. The topological polar surface area (TPSA) is 79.3 Å². The molecule has 1 aromatic rings. The van der Waals surface area contributed by atoms with Crippen LogP contribution in [-0.4, -0.2) is 41.0 Å². The van der Waals surface area contributed by atoms with Crippen molar-refractivity contribution in [3.8, 4) is 0 Å². The van der Waals surface area contributed by atoms with Crippen molar-refractivity contribution in [1.29, 1.82) is 0 Å². The number of hydrogen-bond donors (Lipinski definition) is 2. The maximum absolute atomic E-state index is 12.4. The second-order valence-electron chi connectivity index (χ2n) is 8.45. The molecular formula is C21H35N5O2. The molecule has 7 nitrogen and oxygen atoms in total. The highest BCUT2D eigenvalue weighted by Gasteiger charge is 2.25. The Bertz CT molecular complexity index is 694. The van der Waals surface area contributed by atoms with Gasteiger partial charge in [0.15, 0.2) is 0 Å². The van der Waals surface area contributed by atoms with E-state index in [4.69, 9.17) is 0 Å². The summed E-state index contributed by atoms with van der Waals surface area (Å²) < 4.78 is 1.53. The van der Waals surface area contributed by atoms with Crippen LogP contribution in [0.3, 0.4) is 0 Å². The van der Waals surface area contributed by atoms with E-state index in [1.54, 1.807) is 6.07 Å². The predicted molar refractivity (Wildman–Crippen MR) is 112 cm³/mol. The minimum atomic E-state index is -0.0757. The van der Waals surface area contributed by atoms with Crippen LogP contribution in [0.1, 0.15) is 77.7 Å². The van der Waals surface area contributed by atoms with E-state index < -0.39 is 0 Å². The molecule has 0 spiro atoms. The Morgan fingerprint density at radius 1 is 1.11 bits per heavy atom. The molecular weight excluding hydrogens is 354 g/mol. The molecule has 28 heavy (non-hydrogen) atoms. The van der Waals surface area contributed by atoms with Gasteiger partial charge in [-0.15, -0.1) is 0 Å². The lowest BCUT2D eigenvalue weighted by Gasteiger charge is -2.37. The van der Waals surface area contributed by atoms with Crippen LogP contribution in [0.4, 0.5) is 10.6 Å². The van der Waals surface area contributed by atoms with E-state index in [9.17, 15) is 9.59 Å². The van der Waals surface area contributed by atoms with Crippen LogP contribution in [0.25, 0.3) is 0 Å². The minimum Gasteiger partial charge on any atom is -0.350 e. The summed E-state index contributed by atoms with van der Waals surface area (Å²) >= 11 is 0. The van der Waals surface area contributed by atoms with Crippen molar-refractivity contribution < 1.29 is 4.79 Å². The third-order valence-corrected chi connectivity index (χ3v) is 5.91. The van der Waals surface area contributed by atoms with E-state index in [2.05, 4.69) is 20.6 Å². The highest BCUT2D eigenvalue weighted by Crippen LogP contribution is 2.22. The Balaban J connectivity index is 1.59. The smallest absolute Gasteiger partial charge is 0.315 e. The molecule has 1 unspecified atom stereocenters. The quantitative estimate of drug-likeness (QED) is 0.758. The Kier molecular flexibility index (Phi) is 7.34. The number of hydrogen-bond acceptors (Lipinski definition) is 4. The van der Waals surface area contributed by atoms with E-state index in [0.29, 0.717) is 12.6 Å². The zero-order valence-corrected chi connectivity index (χ0v) is 17.3. The number of carbonyl (C=O) groups is 1. The molecule has 0 bridgehead atoms. The number of carbonyl (C=O) groups excluding carboxylic acids is 1. The molecule has 2 heterocycles. The van der Waals surface area contributed by atoms with Crippen LogP contribution >= 0.6 is 0 Å². The monoisotopic (exact) mass is 389 g/mol. The van der Waals surface area contributed by atoms with Gasteiger partial charge in [0.05, 0.1) is 6.04 Å². The summed E-state index contributed by atoms with van der Waals surface area (Å²) in [7, 11) is 0. The van der Waals surface area contributed by atoms with Crippen LogP contribution < -0.4 is 21.1 Å². The fourth-order valence-electron chi connectivity index (χ4n) is 4.32. The fraction of sp³-hybridized carbons (Fsp3) is 0.762. The largest absolute Gasteiger partial charge is 0.350 e. The molecule has 1 saturated carbocycles. The Morgan fingerprint density at radius 2 is 1.82 bits per heavy atom. The average molecular weight is 390 g/mol. The van der Waals surface area contributed by atoms with Crippen molar-refractivity contribution in [1.82, 2.24) is 20.4 Å². The lowest BCUT2D eigenvalue weighted by atomic mass is 10.0. The van der Waals surface area contributed by atoms with Gasteiger partial charge in [-0.3, -0.25) is 4.79 Å². The lowest BCUT2D eigenvalue weighted by Crippen LogP contribution is -2.50. The van der Waals surface area contributed by atoms with Crippen LogP contribution in [0.2, 0.25) is 0 Å². The molecule has 2 aliphatic rings. The summed E-state index contributed by atoms with van der Waals surface area (Å²) in [5.41, 5.74) is -0.0757. The third kappa shape index (κ3) is 5.49. The number of aromatic nitrogens is 2. The molecule has 3 rings (SSSR count). The van der Waals surface area contributed by atoms with E-state index in [1.807, 2.05) is 19.9 Å². The molecule has 2 amide bonds. The van der Waals surface area contributed by atoms with Gasteiger partial charge in [-0.2, -0.15) is 5.10 Å².